The zero-order valence-corrected chi connectivity index (χ0v) is 13.5. The van der Waals surface area contributed by atoms with Crippen LogP contribution in [0.3, 0.4) is 0 Å². The average molecular weight is 292 g/mol. The molecule has 0 spiro atoms. The van der Waals surface area contributed by atoms with E-state index in [2.05, 4.69) is 72.4 Å². The van der Waals surface area contributed by atoms with Crippen LogP contribution in [0.4, 0.5) is 0 Å². The van der Waals surface area contributed by atoms with Gasteiger partial charge in [-0.1, -0.05) is 48.5 Å². The molecule has 0 saturated heterocycles. The van der Waals surface area contributed by atoms with E-state index >= 15 is 0 Å². The zero-order valence-electron chi connectivity index (χ0n) is 13.5. The lowest BCUT2D eigenvalue weighted by molar-refractivity contribution is 0.0971. The molecule has 2 aliphatic heterocycles. The van der Waals surface area contributed by atoms with Crippen LogP contribution >= 0.6 is 0 Å². The molecule has 4 rings (SSSR count). The zero-order chi connectivity index (χ0) is 15.1. The SMILES string of the molecule is CN1CCc2ccccc2C1C1c2ccccc2CCN1C. The highest BCUT2D eigenvalue weighted by Gasteiger charge is 2.37. The van der Waals surface area contributed by atoms with Crippen LogP contribution in [0.5, 0.6) is 0 Å². The first-order valence-corrected chi connectivity index (χ1v) is 8.32. The van der Waals surface area contributed by atoms with E-state index in [9.17, 15) is 0 Å². The highest BCUT2D eigenvalue weighted by atomic mass is 15.2. The van der Waals surface area contributed by atoms with Gasteiger partial charge in [-0.25, -0.2) is 0 Å². The van der Waals surface area contributed by atoms with Crippen molar-refractivity contribution in [3.05, 3.63) is 70.8 Å². The van der Waals surface area contributed by atoms with Gasteiger partial charge in [0.15, 0.2) is 0 Å². The molecule has 2 aromatic carbocycles. The van der Waals surface area contributed by atoms with Crippen molar-refractivity contribution in [1.29, 1.82) is 0 Å². The van der Waals surface area contributed by atoms with Crippen molar-refractivity contribution in [1.82, 2.24) is 9.80 Å². The van der Waals surface area contributed by atoms with Crippen LogP contribution < -0.4 is 0 Å². The molecule has 2 heterocycles. The van der Waals surface area contributed by atoms with Gasteiger partial charge in [0.25, 0.3) is 0 Å². The Balaban J connectivity index is 1.84. The minimum atomic E-state index is 0.455. The second-order valence-electron chi connectivity index (χ2n) is 6.75. The molecule has 114 valence electrons. The average Bonchev–Trinajstić information content (AvgIpc) is 2.56. The van der Waals surface area contributed by atoms with Crippen molar-refractivity contribution in [2.24, 2.45) is 0 Å². The number of likely N-dealkylation sites (N-methyl/N-ethyl adjacent to an activating group) is 2. The van der Waals surface area contributed by atoms with Gasteiger partial charge in [0.1, 0.15) is 0 Å². The number of nitrogens with zero attached hydrogens (tertiary/aromatic N) is 2. The molecule has 2 aromatic rings. The molecule has 0 fully saturated rings. The van der Waals surface area contributed by atoms with Crippen molar-refractivity contribution >= 4 is 0 Å². The summed E-state index contributed by atoms with van der Waals surface area (Å²) in [5.41, 5.74) is 6.10. The molecule has 0 aliphatic carbocycles. The molecule has 2 nitrogen and oxygen atoms in total. The van der Waals surface area contributed by atoms with Crippen LogP contribution in [0.25, 0.3) is 0 Å². The molecular weight excluding hydrogens is 268 g/mol. The fourth-order valence-corrected chi connectivity index (χ4v) is 4.27. The van der Waals surface area contributed by atoms with Crippen LogP contribution in [-0.4, -0.2) is 37.0 Å². The van der Waals surface area contributed by atoms with E-state index < -0.39 is 0 Å². The van der Waals surface area contributed by atoms with Gasteiger partial charge in [0.05, 0.1) is 12.1 Å². The summed E-state index contributed by atoms with van der Waals surface area (Å²) >= 11 is 0. The number of fused-ring (bicyclic) bond motifs is 2. The van der Waals surface area contributed by atoms with Crippen LogP contribution in [0.2, 0.25) is 0 Å². The van der Waals surface area contributed by atoms with Crippen molar-refractivity contribution in [3.63, 3.8) is 0 Å². The van der Waals surface area contributed by atoms with Gasteiger partial charge in [-0.3, -0.25) is 9.80 Å². The Morgan fingerprint density at radius 3 is 1.55 bits per heavy atom. The van der Waals surface area contributed by atoms with E-state index in [4.69, 9.17) is 0 Å². The molecule has 0 saturated carbocycles. The molecule has 2 aliphatic rings. The minimum Gasteiger partial charge on any atom is -0.297 e. The van der Waals surface area contributed by atoms with Crippen LogP contribution in [-0.2, 0) is 12.8 Å². The third kappa shape index (κ3) is 2.18. The van der Waals surface area contributed by atoms with E-state index in [0.717, 1.165) is 13.1 Å². The lowest BCUT2D eigenvalue weighted by Crippen LogP contribution is -2.44. The largest absolute Gasteiger partial charge is 0.297 e. The van der Waals surface area contributed by atoms with Gasteiger partial charge in [0, 0.05) is 13.1 Å². The quantitative estimate of drug-likeness (QED) is 0.794. The molecule has 0 bridgehead atoms. The van der Waals surface area contributed by atoms with Crippen LogP contribution in [0.1, 0.15) is 34.3 Å². The van der Waals surface area contributed by atoms with Gasteiger partial charge in [-0.05, 0) is 49.2 Å². The first kappa shape index (κ1) is 14.0. The third-order valence-corrected chi connectivity index (χ3v) is 5.46. The van der Waals surface area contributed by atoms with E-state index in [1.165, 1.54) is 35.1 Å². The number of hydrogen-bond acceptors (Lipinski definition) is 2. The Hall–Kier alpha value is -1.64. The maximum absolute atomic E-state index is 2.55. The lowest BCUT2D eigenvalue weighted by Gasteiger charge is -2.46. The third-order valence-electron chi connectivity index (χ3n) is 5.46. The predicted molar refractivity (Wildman–Crippen MR) is 91.0 cm³/mol. The van der Waals surface area contributed by atoms with Gasteiger partial charge >= 0.3 is 0 Å². The number of hydrogen-bond donors (Lipinski definition) is 0. The Bertz CT molecular complexity index is 619. The summed E-state index contributed by atoms with van der Waals surface area (Å²) in [7, 11) is 4.57. The summed E-state index contributed by atoms with van der Waals surface area (Å²) in [6.07, 6.45) is 2.34. The minimum absolute atomic E-state index is 0.455. The second-order valence-corrected chi connectivity index (χ2v) is 6.75. The Kier molecular flexibility index (Phi) is 3.51. The highest BCUT2D eigenvalue weighted by molar-refractivity contribution is 5.39. The Labute approximate surface area is 133 Å². The lowest BCUT2D eigenvalue weighted by atomic mass is 9.81. The smallest absolute Gasteiger partial charge is 0.0545 e. The van der Waals surface area contributed by atoms with Gasteiger partial charge in [-0.15, -0.1) is 0 Å². The molecule has 2 heteroatoms. The molecule has 22 heavy (non-hydrogen) atoms. The standard InChI is InChI=1S/C20H24N2/c1-21-13-11-15-7-3-5-9-17(15)19(21)20-18-10-6-4-8-16(18)12-14-22(20)2/h3-10,19-20H,11-14H2,1-2H3. The van der Waals surface area contributed by atoms with E-state index in [0.29, 0.717) is 12.1 Å². The second kappa shape index (κ2) is 5.53. The summed E-state index contributed by atoms with van der Waals surface area (Å²) in [4.78, 5) is 5.09. The first-order chi connectivity index (χ1) is 10.8. The molecule has 0 amide bonds. The number of benzene rings is 2. The highest BCUT2D eigenvalue weighted by Crippen LogP contribution is 2.43. The summed E-state index contributed by atoms with van der Waals surface area (Å²) in [6, 6.07) is 18.9. The number of rotatable bonds is 1. The molecule has 0 N–H and O–H groups in total. The monoisotopic (exact) mass is 292 g/mol. The van der Waals surface area contributed by atoms with Gasteiger partial charge < -0.3 is 0 Å². The topological polar surface area (TPSA) is 6.48 Å². The van der Waals surface area contributed by atoms with Crippen LogP contribution in [0.15, 0.2) is 48.5 Å². The molecule has 2 atom stereocenters. The van der Waals surface area contributed by atoms with Crippen molar-refractivity contribution in [3.8, 4) is 0 Å². The van der Waals surface area contributed by atoms with Crippen molar-refractivity contribution in [2.45, 2.75) is 24.9 Å². The Morgan fingerprint density at radius 2 is 1.09 bits per heavy atom. The maximum Gasteiger partial charge on any atom is 0.0545 e. The fraction of sp³-hybridized carbons (Fsp3) is 0.400. The molecular formula is C20H24N2. The molecule has 0 aromatic heterocycles. The molecule has 2 unspecified atom stereocenters. The Morgan fingerprint density at radius 1 is 0.682 bits per heavy atom. The summed E-state index contributed by atoms with van der Waals surface area (Å²) < 4.78 is 0. The summed E-state index contributed by atoms with van der Waals surface area (Å²) in [5.74, 6) is 0. The summed E-state index contributed by atoms with van der Waals surface area (Å²) in [6.45, 7) is 2.29. The van der Waals surface area contributed by atoms with E-state index in [1.807, 2.05) is 0 Å². The van der Waals surface area contributed by atoms with Crippen molar-refractivity contribution in [2.75, 3.05) is 27.2 Å². The maximum atomic E-state index is 2.55. The predicted octanol–water partition coefficient (Wildman–Crippen LogP) is 3.44. The van der Waals surface area contributed by atoms with E-state index in [-0.39, 0.29) is 0 Å². The summed E-state index contributed by atoms with van der Waals surface area (Å²) in [5, 5.41) is 0. The normalized spacial score (nSPS) is 25.5. The van der Waals surface area contributed by atoms with Gasteiger partial charge in [0.2, 0.25) is 0 Å². The van der Waals surface area contributed by atoms with E-state index in [1.54, 1.807) is 0 Å². The fourth-order valence-electron chi connectivity index (χ4n) is 4.27. The van der Waals surface area contributed by atoms with Crippen molar-refractivity contribution < 1.29 is 0 Å². The molecule has 0 radical (unpaired) electrons. The van der Waals surface area contributed by atoms with Gasteiger partial charge in [-0.2, -0.15) is 0 Å². The van der Waals surface area contributed by atoms with Crippen LogP contribution in [0, 0.1) is 0 Å². The first-order valence-electron chi connectivity index (χ1n) is 8.32.